The number of para-hydroxylation sites is 2. The highest BCUT2D eigenvalue weighted by atomic mass is 16.4. The molecule has 98 valence electrons. The lowest BCUT2D eigenvalue weighted by Gasteiger charge is -2.31. The van der Waals surface area contributed by atoms with Gasteiger partial charge in [-0.25, -0.2) is 0 Å². The Hall–Kier alpha value is -2.37. The van der Waals surface area contributed by atoms with E-state index in [-0.39, 0.29) is 6.42 Å². The average Bonchev–Trinajstić information content (AvgIpc) is 2.77. The first-order valence-electron chi connectivity index (χ1n) is 6.14. The van der Waals surface area contributed by atoms with Gasteiger partial charge in [-0.1, -0.05) is 12.1 Å². The summed E-state index contributed by atoms with van der Waals surface area (Å²) in [6, 6.07) is 7.92. The zero-order valence-electron chi connectivity index (χ0n) is 10.6. The van der Waals surface area contributed by atoms with Gasteiger partial charge in [-0.2, -0.15) is 0 Å². The number of aryl methyl sites for hydroxylation is 1. The third-order valence-corrected chi connectivity index (χ3v) is 3.28. The standard InChI is InChI=1S/C13H14N4O2/c1-9-14-15-12-8-16(7-6-13(18)19)10-4-2-3-5-11(10)17(9)12/h2-5H,6-8H2,1H3,(H,18,19). The van der Waals surface area contributed by atoms with E-state index in [1.165, 1.54) is 0 Å². The van der Waals surface area contributed by atoms with Crippen molar-refractivity contribution in [1.82, 2.24) is 14.8 Å². The third kappa shape index (κ3) is 1.95. The summed E-state index contributed by atoms with van der Waals surface area (Å²) < 4.78 is 2.02. The number of anilines is 1. The van der Waals surface area contributed by atoms with Gasteiger partial charge in [0.2, 0.25) is 0 Å². The van der Waals surface area contributed by atoms with Gasteiger partial charge >= 0.3 is 5.97 Å². The number of fused-ring (bicyclic) bond motifs is 3. The second-order valence-corrected chi connectivity index (χ2v) is 4.55. The molecule has 0 aliphatic carbocycles. The van der Waals surface area contributed by atoms with Crippen LogP contribution in [-0.2, 0) is 11.3 Å². The van der Waals surface area contributed by atoms with E-state index in [4.69, 9.17) is 5.11 Å². The minimum absolute atomic E-state index is 0.113. The molecule has 0 amide bonds. The van der Waals surface area contributed by atoms with Crippen molar-refractivity contribution in [3.05, 3.63) is 35.9 Å². The Morgan fingerprint density at radius 3 is 2.79 bits per heavy atom. The molecule has 1 aromatic heterocycles. The smallest absolute Gasteiger partial charge is 0.305 e. The van der Waals surface area contributed by atoms with E-state index in [0.717, 1.165) is 23.0 Å². The summed E-state index contributed by atoms with van der Waals surface area (Å²) in [4.78, 5) is 12.8. The lowest BCUT2D eigenvalue weighted by molar-refractivity contribution is -0.136. The largest absolute Gasteiger partial charge is 0.481 e. The fourth-order valence-electron chi connectivity index (χ4n) is 2.43. The Kier molecular flexibility index (Phi) is 2.70. The molecule has 1 aromatic carbocycles. The Labute approximate surface area is 110 Å². The molecular formula is C13H14N4O2. The molecule has 0 saturated heterocycles. The number of carbonyl (C=O) groups is 1. The maximum absolute atomic E-state index is 10.7. The van der Waals surface area contributed by atoms with Crippen LogP contribution in [0.2, 0.25) is 0 Å². The van der Waals surface area contributed by atoms with Crippen molar-refractivity contribution < 1.29 is 9.90 Å². The Bertz CT molecular complexity index is 635. The highest BCUT2D eigenvalue weighted by Crippen LogP contribution is 2.31. The number of hydrogen-bond acceptors (Lipinski definition) is 4. The molecule has 0 radical (unpaired) electrons. The Morgan fingerprint density at radius 2 is 2.05 bits per heavy atom. The minimum Gasteiger partial charge on any atom is -0.481 e. The molecule has 2 heterocycles. The van der Waals surface area contributed by atoms with E-state index in [9.17, 15) is 4.79 Å². The first-order valence-corrected chi connectivity index (χ1v) is 6.14. The van der Waals surface area contributed by atoms with Gasteiger partial charge in [0.1, 0.15) is 5.82 Å². The maximum atomic E-state index is 10.7. The molecule has 0 saturated carbocycles. The quantitative estimate of drug-likeness (QED) is 0.900. The minimum atomic E-state index is -0.791. The summed E-state index contributed by atoms with van der Waals surface area (Å²) in [5.74, 6) is 0.905. The molecular weight excluding hydrogens is 244 g/mol. The number of aliphatic carboxylic acids is 1. The van der Waals surface area contributed by atoms with E-state index < -0.39 is 5.97 Å². The van der Waals surface area contributed by atoms with Crippen LogP contribution in [0.5, 0.6) is 0 Å². The van der Waals surface area contributed by atoms with E-state index in [1.807, 2.05) is 40.7 Å². The number of hydrogen-bond donors (Lipinski definition) is 1. The van der Waals surface area contributed by atoms with Crippen LogP contribution in [0.25, 0.3) is 5.69 Å². The molecule has 0 atom stereocenters. The van der Waals surface area contributed by atoms with E-state index in [0.29, 0.717) is 13.1 Å². The van der Waals surface area contributed by atoms with Crippen LogP contribution >= 0.6 is 0 Å². The van der Waals surface area contributed by atoms with Crippen LogP contribution in [0.1, 0.15) is 18.1 Å². The summed E-state index contributed by atoms with van der Waals surface area (Å²) in [5.41, 5.74) is 2.04. The zero-order chi connectivity index (χ0) is 13.4. The van der Waals surface area contributed by atoms with Gasteiger partial charge in [0.05, 0.1) is 24.3 Å². The molecule has 19 heavy (non-hydrogen) atoms. The fraction of sp³-hybridized carbons (Fsp3) is 0.308. The van der Waals surface area contributed by atoms with Crippen LogP contribution in [0.15, 0.2) is 24.3 Å². The topological polar surface area (TPSA) is 71.2 Å². The number of aromatic nitrogens is 3. The van der Waals surface area contributed by atoms with Gasteiger partial charge in [-0.15, -0.1) is 10.2 Å². The molecule has 0 fully saturated rings. The average molecular weight is 258 g/mol. The third-order valence-electron chi connectivity index (χ3n) is 3.28. The van der Waals surface area contributed by atoms with Crippen molar-refractivity contribution in [2.75, 3.05) is 11.4 Å². The number of carboxylic acids is 1. The van der Waals surface area contributed by atoms with Gasteiger partial charge in [0, 0.05) is 6.54 Å². The van der Waals surface area contributed by atoms with Crippen LogP contribution < -0.4 is 4.90 Å². The predicted octanol–water partition coefficient (Wildman–Crippen LogP) is 1.37. The van der Waals surface area contributed by atoms with Crippen molar-refractivity contribution in [3.63, 3.8) is 0 Å². The summed E-state index contributed by atoms with van der Waals surface area (Å²) in [6.07, 6.45) is 0.113. The van der Waals surface area contributed by atoms with Crippen LogP contribution in [0, 0.1) is 6.92 Å². The lowest BCUT2D eigenvalue weighted by atomic mass is 10.2. The van der Waals surface area contributed by atoms with Crippen molar-refractivity contribution >= 4 is 11.7 Å². The van der Waals surface area contributed by atoms with Crippen molar-refractivity contribution in [3.8, 4) is 5.69 Å². The monoisotopic (exact) mass is 258 g/mol. The summed E-state index contributed by atoms with van der Waals surface area (Å²) in [5, 5.41) is 17.1. The summed E-state index contributed by atoms with van der Waals surface area (Å²) >= 11 is 0. The number of benzene rings is 1. The number of carboxylic acid groups (broad SMARTS) is 1. The molecule has 6 heteroatoms. The SMILES string of the molecule is Cc1nnc2n1-c1ccccc1N(CCC(=O)O)C2. The van der Waals surface area contributed by atoms with Gasteiger partial charge in [-0.3, -0.25) is 9.36 Å². The molecule has 3 rings (SSSR count). The second kappa shape index (κ2) is 4.38. The summed E-state index contributed by atoms with van der Waals surface area (Å²) in [7, 11) is 0. The van der Waals surface area contributed by atoms with E-state index in [2.05, 4.69) is 10.2 Å². The molecule has 0 bridgehead atoms. The van der Waals surface area contributed by atoms with Crippen molar-refractivity contribution in [2.24, 2.45) is 0 Å². The van der Waals surface area contributed by atoms with Crippen molar-refractivity contribution in [1.29, 1.82) is 0 Å². The Balaban J connectivity index is 2.02. The highest BCUT2D eigenvalue weighted by Gasteiger charge is 2.24. The molecule has 2 aromatic rings. The number of nitrogens with zero attached hydrogens (tertiary/aromatic N) is 4. The zero-order valence-corrected chi connectivity index (χ0v) is 10.6. The van der Waals surface area contributed by atoms with Gasteiger partial charge in [-0.05, 0) is 19.1 Å². The normalized spacial score (nSPS) is 13.0. The van der Waals surface area contributed by atoms with E-state index in [1.54, 1.807) is 0 Å². The van der Waals surface area contributed by atoms with Crippen LogP contribution in [0.4, 0.5) is 5.69 Å². The highest BCUT2D eigenvalue weighted by molar-refractivity contribution is 5.70. The molecule has 1 aliphatic rings. The molecule has 0 unspecified atom stereocenters. The molecule has 6 nitrogen and oxygen atoms in total. The first-order chi connectivity index (χ1) is 9.16. The predicted molar refractivity (Wildman–Crippen MR) is 69.4 cm³/mol. The van der Waals surface area contributed by atoms with Gasteiger partial charge in [0.25, 0.3) is 0 Å². The maximum Gasteiger partial charge on any atom is 0.305 e. The van der Waals surface area contributed by atoms with Gasteiger partial charge < -0.3 is 10.0 Å². The number of rotatable bonds is 3. The molecule has 1 N–H and O–H groups in total. The summed E-state index contributed by atoms with van der Waals surface area (Å²) in [6.45, 7) is 2.98. The lowest BCUT2D eigenvalue weighted by Crippen LogP contribution is -2.31. The Morgan fingerprint density at radius 1 is 1.32 bits per heavy atom. The second-order valence-electron chi connectivity index (χ2n) is 4.55. The molecule has 1 aliphatic heterocycles. The van der Waals surface area contributed by atoms with Crippen LogP contribution in [0.3, 0.4) is 0 Å². The molecule has 0 spiro atoms. The van der Waals surface area contributed by atoms with Gasteiger partial charge in [0.15, 0.2) is 5.82 Å². The fourth-order valence-corrected chi connectivity index (χ4v) is 2.43. The first kappa shape index (κ1) is 11.7. The van der Waals surface area contributed by atoms with Crippen LogP contribution in [-0.4, -0.2) is 32.4 Å². The van der Waals surface area contributed by atoms with E-state index >= 15 is 0 Å². The van der Waals surface area contributed by atoms with Crippen molar-refractivity contribution in [2.45, 2.75) is 19.9 Å².